The minimum absolute atomic E-state index is 0.154. The van der Waals surface area contributed by atoms with E-state index in [2.05, 4.69) is 26.6 Å². The van der Waals surface area contributed by atoms with Crippen molar-refractivity contribution in [2.24, 2.45) is 0 Å². The molecule has 1 heterocycles. The van der Waals surface area contributed by atoms with Crippen LogP contribution < -0.4 is 20.1 Å². The smallest absolute Gasteiger partial charge is 0.257 e. The molecule has 2 aromatic rings. The largest absolute Gasteiger partial charge is 0.508 e. The lowest BCUT2D eigenvalue weighted by molar-refractivity contribution is -0.124. The zero-order valence-electron chi connectivity index (χ0n) is 16.4. The van der Waals surface area contributed by atoms with Gasteiger partial charge in [-0.05, 0) is 30.3 Å². The monoisotopic (exact) mass is 477 g/mol. The molecule has 3 rings (SSSR count). The van der Waals surface area contributed by atoms with E-state index in [4.69, 9.17) is 9.47 Å². The predicted octanol–water partition coefficient (Wildman–Crippen LogP) is 1.66. The van der Waals surface area contributed by atoms with Gasteiger partial charge in [-0.15, -0.1) is 0 Å². The molecule has 9 heteroatoms. The molecule has 0 atom stereocenters. The van der Waals surface area contributed by atoms with Crippen molar-refractivity contribution in [1.82, 2.24) is 15.5 Å². The van der Waals surface area contributed by atoms with Crippen LogP contribution in [0.4, 0.5) is 0 Å². The number of hydrogen-bond donors (Lipinski definition) is 3. The highest BCUT2D eigenvalue weighted by molar-refractivity contribution is 9.10. The maximum absolute atomic E-state index is 12.1. The lowest BCUT2D eigenvalue weighted by Crippen LogP contribution is -2.40. The number of rotatable bonds is 2. The van der Waals surface area contributed by atoms with Gasteiger partial charge in [-0.1, -0.05) is 28.1 Å². The van der Waals surface area contributed by atoms with Crippen LogP contribution in [0.1, 0.15) is 5.56 Å². The summed E-state index contributed by atoms with van der Waals surface area (Å²) < 4.78 is 11.9. The minimum atomic E-state index is -0.251. The second-order valence-electron chi connectivity index (χ2n) is 6.77. The maximum Gasteiger partial charge on any atom is 0.257 e. The molecule has 0 radical (unpaired) electrons. The highest BCUT2D eigenvalue weighted by Gasteiger charge is 2.14. The molecule has 0 unspecified atom stereocenters. The molecule has 0 saturated carbocycles. The molecule has 0 aromatic heterocycles. The van der Waals surface area contributed by atoms with E-state index >= 15 is 0 Å². The summed E-state index contributed by atoms with van der Waals surface area (Å²) in [6.07, 6.45) is 0. The van der Waals surface area contributed by atoms with Crippen LogP contribution in [0.25, 0.3) is 0 Å². The van der Waals surface area contributed by atoms with Crippen LogP contribution >= 0.6 is 15.9 Å². The first kappa shape index (κ1) is 21.9. The van der Waals surface area contributed by atoms with Gasteiger partial charge in [-0.3, -0.25) is 14.5 Å². The lowest BCUT2D eigenvalue weighted by Gasteiger charge is -2.23. The number of halogens is 1. The summed E-state index contributed by atoms with van der Waals surface area (Å²) >= 11 is 3.41. The number of ether oxygens (including phenoxy) is 2. The first-order valence-electron chi connectivity index (χ1n) is 9.59. The Kier molecular flexibility index (Phi) is 7.92. The van der Waals surface area contributed by atoms with Gasteiger partial charge in [0.25, 0.3) is 11.8 Å². The van der Waals surface area contributed by atoms with E-state index in [0.29, 0.717) is 44.2 Å². The maximum atomic E-state index is 12.1. The first-order chi connectivity index (χ1) is 14.5. The summed E-state index contributed by atoms with van der Waals surface area (Å²) in [7, 11) is 0. The number of amides is 2. The molecular formula is C21H24BrN3O5. The van der Waals surface area contributed by atoms with Crippen molar-refractivity contribution >= 4 is 27.7 Å². The molecule has 1 aliphatic heterocycles. The SMILES string of the molecule is O=C1COc2ccccc2OCC(=O)NCCN(Cc2cc(Br)ccc2O)CCN1. The van der Waals surface area contributed by atoms with Crippen LogP contribution in [0.15, 0.2) is 46.9 Å². The lowest BCUT2D eigenvalue weighted by atomic mass is 10.2. The number of carbonyl (C=O) groups is 2. The normalized spacial score (nSPS) is 16.7. The standard InChI is InChI=1S/C21H24BrN3O5/c22-16-5-6-17(26)15(11-16)12-25-9-7-23-20(27)13-29-18-3-1-2-4-19(18)30-14-21(28)24-8-10-25/h1-6,11,26H,7-10,12-14H2,(H,23,27)(H,24,28). The molecular weight excluding hydrogens is 454 g/mol. The summed E-state index contributed by atoms with van der Waals surface area (Å²) in [5.41, 5.74) is 0.752. The number of fused-ring (bicyclic) bond motifs is 1. The Morgan fingerprint density at radius 1 is 0.933 bits per heavy atom. The average molecular weight is 478 g/mol. The van der Waals surface area contributed by atoms with Crippen molar-refractivity contribution < 1.29 is 24.2 Å². The molecule has 3 N–H and O–H groups in total. The number of hydrogen-bond acceptors (Lipinski definition) is 6. The molecule has 0 saturated heterocycles. The molecule has 2 amide bonds. The highest BCUT2D eigenvalue weighted by Crippen LogP contribution is 2.26. The molecule has 0 spiro atoms. The van der Waals surface area contributed by atoms with Gasteiger partial charge >= 0.3 is 0 Å². The van der Waals surface area contributed by atoms with Gasteiger partial charge in [0.05, 0.1) is 0 Å². The summed E-state index contributed by atoms with van der Waals surface area (Å²) in [4.78, 5) is 26.3. The number of carbonyl (C=O) groups excluding carboxylic acids is 2. The number of phenolic OH excluding ortho intramolecular Hbond substituents is 1. The zero-order valence-corrected chi connectivity index (χ0v) is 18.0. The van der Waals surface area contributed by atoms with Gasteiger partial charge in [-0.25, -0.2) is 0 Å². The fourth-order valence-electron chi connectivity index (χ4n) is 2.98. The summed E-state index contributed by atoms with van der Waals surface area (Å²) in [5, 5.41) is 15.8. The molecule has 0 aliphatic carbocycles. The van der Waals surface area contributed by atoms with E-state index in [1.807, 2.05) is 11.0 Å². The van der Waals surface area contributed by atoms with E-state index < -0.39 is 0 Å². The van der Waals surface area contributed by atoms with Gasteiger partial charge in [0, 0.05) is 42.8 Å². The molecule has 8 nitrogen and oxygen atoms in total. The number of nitrogens with one attached hydrogen (secondary N) is 2. The van der Waals surface area contributed by atoms with E-state index in [1.165, 1.54) is 0 Å². The van der Waals surface area contributed by atoms with Crippen molar-refractivity contribution in [2.45, 2.75) is 6.54 Å². The fraction of sp³-hybridized carbons (Fsp3) is 0.333. The van der Waals surface area contributed by atoms with Gasteiger partial charge < -0.3 is 25.2 Å². The number of para-hydroxylation sites is 2. The van der Waals surface area contributed by atoms with Crippen LogP contribution in [0.2, 0.25) is 0 Å². The highest BCUT2D eigenvalue weighted by atomic mass is 79.9. The third-order valence-corrected chi connectivity index (χ3v) is 5.00. The van der Waals surface area contributed by atoms with E-state index in [1.54, 1.807) is 36.4 Å². The Hall–Kier alpha value is -2.78. The second kappa shape index (κ2) is 10.8. The zero-order chi connectivity index (χ0) is 21.3. The fourth-order valence-corrected chi connectivity index (χ4v) is 3.38. The van der Waals surface area contributed by atoms with Crippen molar-refractivity contribution in [3.8, 4) is 17.2 Å². The van der Waals surface area contributed by atoms with Crippen LogP contribution in [0.3, 0.4) is 0 Å². The number of aromatic hydroxyl groups is 1. The second-order valence-corrected chi connectivity index (χ2v) is 7.69. The van der Waals surface area contributed by atoms with Gasteiger partial charge in [0.15, 0.2) is 24.7 Å². The van der Waals surface area contributed by atoms with E-state index in [9.17, 15) is 14.7 Å². The van der Waals surface area contributed by atoms with Crippen molar-refractivity contribution in [3.05, 3.63) is 52.5 Å². The number of nitrogens with zero attached hydrogens (tertiary/aromatic N) is 1. The number of benzene rings is 2. The molecule has 2 aromatic carbocycles. The molecule has 160 valence electrons. The molecule has 1 aliphatic rings. The number of phenols is 1. The molecule has 0 fully saturated rings. The van der Waals surface area contributed by atoms with Crippen molar-refractivity contribution in [3.63, 3.8) is 0 Å². The van der Waals surface area contributed by atoms with Gasteiger partial charge in [0.2, 0.25) is 0 Å². The molecule has 30 heavy (non-hydrogen) atoms. The van der Waals surface area contributed by atoms with Crippen LogP contribution in [0, 0.1) is 0 Å². The Morgan fingerprint density at radius 2 is 1.50 bits per heavy atom. The van der Waals surface area contributed by atoms with Crippen LogP contribution in [-0.2, 0) is 16.1 Å². The molecule has 0 bridgehead atoms. The topological polar surface area (TPSA) is 100 Å². The summed E-state index contributed by atoms with van der Waals surface area (Å²) in [6.45, 7) is 2.06. The van der Waals surface area contributed by atoms with Gasteiger partial charge in [-0.2, -0.15) is 0 Å². The van der Waals surface area contributed by atoms with E-state index in [0.717, 1.165) is 10.0 Å². The van der Waals surface area contributed by atoms with Crippen LogP contribution in [0.5, 0.6) is 17.2 Å². The van der Waals surface area contributed by atoms with Crippen LogP contribution in [-0.4, -0.2) is 61.2 Å². The van der Waals surface area contributed by atoms with E-state index in [-0.39, 0.29) is 30.8 Å². The Morgan fingerprint density at radius 3 is 2.07 bits per heavy atom. The average Bonchev–Trinajstić information content (AvgIpc) is 2.73. The Balaban J connectivity index is 1.67. The predicted molar refractivity (Wildman–Crippen MR) is 115 cm³/mol. The van der Waals surface area contributed by atoms with Crippen molar-refractivity contribution in [2.75, 3.05) is 39.4 Å². The Labute approximate surface area is 183 Å². The Bertz CT molecular complexity index is 848. The van der Waals surface area contributed by atoms with Gasteiger partial charge in [0.1, 0.15) is 5.75 Å². The minimum Gasteiger partial charge on any atom is -0.508 e. The third kappa shape index (κ3) is 6.64. The van der Waals surface area contributed by atoms with Crippen molar-refractivity contribution in [1.29, 1.82) is 0 Å². The first-order valence-corrected chi connectivity index (χ1v) is 10.4. The summed E-state index contributed by atoms with van der Waals surface area (Å²) in [5.74, 6) is 0.504. The third-order valence-electron chi connectivity index (χ3n) is 4.50. The summed E-state index contributed by atoms with van der Waals surface area (Å²) in [6, 6.07) is 12.1. The quantitative estimate of drug-likeness (QED) is 0.608.